The number of likely N-dealkylation sites (N-methyl/N-ethyl adjacent to an activating group) is 1. The Hall–Kier alpha value is -1.66. The molecule has 0 fully saturated rings. The van der Waals surface area contributed by atoms with Crippen molar-refractivity contribution in [3.8, 4) is 0 Å². The van der Waals surface area contributed by atoms with E-state index < -0.39 is 5.97 Å². The van der Waals surface area contributed by atoms with Gasteiger partial charge in [-0.25, -0.2) is 9.78 Å². The van der Waals surface area contributed by atoms with Crippen molar-refractivity contribution >= 4 is 11.8 Å². The van der Waals surface area contributed by atoms with Crippen molar-refractivity contribution in [2.75, 3.05) is 45.7 Å². The van der Waals surface area contributed by atoms with Crippen LogP contribution in [0.15, 0.2) is 18.3 Å². The summed E-state index contributed by atoms with van der Waals surface area (Å²) < 4.78 is 5.40. The number of aromatic carboxylic acids is 1. The molecule has 0 aliphatic carbocycles. The number of ether oxygens (including phenoxy) is 1. The maximum atomic E-state index is 10.7. The molecule has 100 valence electrons. The molecule has 0 saturated heterocycles. The first-order valence-electron chi connectivity index (χ1n) is 5.75. The zero-order valence-electron chi connectivity index (χ0n) is 10.7. The van der Waals surface area contributed by atoms with Crippen molar-refractivity contribution in [3.63, 3.8) is 0 Å². The average Bonchev–Trinajstić information content (AvgIpc) is 2.33. The molecule has 0 aliphatic rings. The van der Waals surface area contributed by atoms with Gasteiger partial charge >= 0.3 is 5.97 Å². The molecular weight excluding hydrogens is 234 g/mol. The van der Waals surface area contributed by atoms with Gasteiger partial charge < -0.3 is 20.1 Å². The largest absolute Gasteiger partial charge is 0.478 e. The Morgan fingerprint density at radius 1 is 1.50 bits per heavy atom. The molecule has 0 atom stereocenters. The van der Waals surface area contributed by atoms with Crippen LogP contribution in [0.4, 0.5) is 5.82 Å². The van der Waals surface area contributed by atoms with E-state index >= 15 is 0 Å². The number of hydrogen-bond donors (Lipinski definition) is 2. The predicted octanol–water partition coefficient (Wildman–Crippen LogP) is 0.770. The molecule has 0 aliphatic heterocycles. The molecule has 0 radical (unpaired) electrons. The highest BCUT2D eigenvalue weighted by Crippen LogP contribution is 2.06. The zero-order chi connectivity index (χ0) is 13.4. The third-order valence-corrected chi connectivity index (χ3v) is 2.24. The number of aromatic nitrogens is 1. The van der Waals surface area contributed by atoms with Crippen molar-refractivity contribution in [3.05, 3.63) is 23.9 Å². The second-order valence-corrected chi connectivity index (χ2v) is 4.08. The van der Waals surface area contributed by atoms with Crippen LogP contribution in [0.25, 0.3) is 0 Å². The van der Waals surface area contributed by atoms with Crippen molar-refractivity contribution in [1.82, 2.24) is 9.88 Å². The highest BCUT2D eigenvalue weighted by Gasteiger charge is 2.03. The Bertz CT molecular complexity index is 383. The highest BCUT2D eigenvalue weighted by molar-refractivity contribution is 5.88. The molecule has 0 spiro atoms. The minimum absolute atomic E-state index is 0.223. The fourth-order valence-corrected chi connectivity index (χ4v) is 1.26. The average molecular weight is 253 g/mol. The van der Waals surface area contributed by atoms with Gasteiger partial charge in [-0.1, -0.05) is 0 Å². The first-order valence-corrected chi connectivity index (χ1v) is 5.75. The van der Waals surface area contributed by atoms with E-state index in [2.05, 4.69) is 10.3 Å². The quantitative estimate of drug-likeness (QED) is 0.667. The van der Waals surface area contributed by atoms with Gasteiger partial charge in [0.2, 0.25) is 0 Å². The lowest BCUT2D eigenvalue weighted by molar-refractivity contribution is 0.0697. The summed E-state index contributed by atoms with van der Waals surface area (Å²) in [7, 11) is 3.98. The molecule has 1 aromatic heterocycles. The summed E-state index contributed by atoms with van der Waals surface area (Å²) in [6.07, 6.45) is 1.47. The number of nitrogens with zero attached hydrogens (tertiary/aromatic N) is 2. The van der Waals surface area contributed by atoms with E-state index in [-0.39, 0.29) is 5.56 Å². The lowest BCUT2D eigenvalue weighted by atomic mass is 10.2. The minimum atomic E-state index is -0.956. The van der Waals surface area contributed by atoms with Crippen LogP contribution < -0.4 is 5.32 Å². The van der Waals surface area contributed by atoms with Crippen LogP contribution in [0, 0.1) is 0 Å². The van der Waals surface area contributed by atoms with Gasteiger partial charge in [-0.3, -0.25) is 0 Å². The molecule has 1 aromatic rings. The topological polar surface area (TPSA) is 74.7 Å². The van der Waals surface area contributed by atoms with Crippen molar-refractivity contribution < 1.29 is 14.6 Å². The van der Waals surface area contributed by atoms with Crippen LogP contribution >= 0.6 is 0 Å². The third kappa shape index (κ3) is 5.60. The van der Waals surface area contributed by atoms with Gasteiger partial charge in [-0.2, -0.15) is 0 Å². The van der Waals surface area contributed by atoms with Crippen LogP contribution in [0.1, 0.15) is 10.4 Å². The van der Waals surface area contributed by atoms with Gasteiger partial charge in [0.05, 0.1) is 18.8 Å². The second kappa shape index (κ2) is 7.62. The number of carbonyl (C=O) groups is 1. The maximum absolute atomic E-state index is 10.7. The number of hydrogen-bond acceptors (Lipinski definition) is 5. The monoisotopic (exact) mass is 253 g/mol. The summed E-state index contributed by atoms with van der Waals surface area (Å²) in [5.74, 6) is -0.409. The van der Waals surface area contributed by atoms with E-state index in [9.17, 15) is 4.79 Å². The summed E-state index contributed by atoms with van der Waals surface area (Å²) in [6.45, 7) is 2.72. The second-order valence-electron chi connectivity index (χ2n) is 4.08. The van der Waals surface area contributed by atoms with E-state index in [0.29, 0.717) is 25.6 Å². The highest BCUT2D eigenvalue weighted by atomic mass is 16.5. The Labute approximate surface area is 107 Å². The molecule has 1 rings (SSSR count). The van der Waals surface area contributed by atoms with Gasteiger partial charge in [0.15, 0.2) is 0 Å². The van der Waals surface area contributed by atoms with Crippen LogP contribution in [-0.4, -0.2) is 61.4 Å². The maximum Gasteiger partial charge on any atom is 0.335 e. The molecule has 0 aromatic carbocycles. The molecule has 6 heteroatoms. The lowest BCUT2D eigenvalue weighted by Gasteiger charge is -2.10. The molecular formula is C12H19N3O3. The summed E-state index contributed by atoms with van der Waals surface area (Å²) in [4.78, 5) is 16.8. The lowest BCUT2D eigenvalue weighted by Crippen LogP contribution is -2.20. The van der Waals surface area contributed by atoms with Crippen molar-refractivity contribution in [1.29, 1.82) is 0 Å². The number of rotatable bonds is 8. The predicted molar refractivity (Wildman–Crippen MR) is 69.1 cm³/mol. The first-order chi connectivity index (χ1) is 8.59. The first kappa shape index (κ1) is 14.4. The molecule has 1 heterocycles. The molecule has 0 unspecified atom stereocenters. The van der Waals surface area contributed by atoms with Gasteiger partial charge in [0, 0.05) is 19.3 Å². The summed E-state index contributed by atoms with van der Waals surface area (Å²) in [5.41, 5.74) is 0.223. The van der Waals surface area contributed by atoms with Gasteiger partial charge in [-0.15, -0.1) is 0 Å². The normalized spacial score (nSPS) is 10.6. The molecule has 0 bridgehead atoms. The van der Waals surface area contributed by atoms with E-state index in [1.54, 1.807) is 0 Å². The van der Waals surface area contributed by atoms with Gasteiger partial charge in [0.1, 0.15) is 5.82 Å². The fourth-order valence-electron chi connectivity index (χ4n) is 1.26. The van der Waals surface area contributed by atoms with E-state index in [1.165, 1.54) is 18.3 Å². The van der Waals surface area contributed by atoms with Crippen LogP contribution in [0.5, 0.6) is 0 Å². The smallest absolute Gasteiger partial charge is 0.335 e. The summed E-state index contributed by atoms with van der Waals surface area (Å²) in [5, 5.41) is 11.8. The number of anilines is 1. The number of carboxylic acid groups (broad SMARTS) is 1. The molecule has 6 nitrogen and oxygen atoms in total. The van der Waals surface area contributed by atoms with Crippen LogP contribution in [0.3, 0.4) is 0 Å². The Morgan fingerprint density at radius 3 is 2.94 bits per heavy atom. The van der Waals surface area contributed by atoms with Crippen LogP contribution in [-0.2, 0) is 4.74 Å². The summed E-state index contributed by atoms with van der Waals surface area (Å²) >= 11 is 0. The number of nitrogens with one attached hydrogen (secondary N) is 1. The van der Waals surface area contributed by atoms with E-state index in [0.717, 1.165) is 6.54 Å². The van der Waals surface area contributed by atoms with Crippen molar-refractivity contribution in [2.45, 2.75) is 0 Å². The third-order valence-electron chi connectivity index (χ3n) is 2.24. The Balaban J connectivity index is 2.23. The molecule has 18 heavy (non-hydrogen) atoms. The molecule has 2 N–H and O–H groups in total. The summed E-state index contributed by atoms with van der Waals surface area (Å²) in [6, 6.07) is 2.96. The standard InChI is InChI=1S/C12H19N3O3/c1-15(2)6-8-18-7-5-14-11-9-10(12(16)17)3-4-13-11/h3-4,9H,5-8H2,1-2H3,(H,13,14)(H,16,17). The zero-order valence-corrected chi connectivity index (χ0v) is 10.7. The molecule has 0 amide bonds. The van der Waals surface area contributed by atoms with Crippen molar-refractivity contribution in [2.24, 2.45) is 0 Å². The SMILES string of the molecule is CN(C)CCOCCNc1cc(C(=O)O)ccn1. The van der Waals surface area contributed by atoms with E-state index in [4.69, 9.17) is 9.84 Å². The Morgan fingerprint density at radius 2 is 2.28 bits per heavy atom. The fraction of sp³-hybridized carbons (Fsp3) is 0.500. The Kier molecular flexibility index (Phi) is 6.10. The van der Waals surface area contributed by atoms with Gasteiger partial charge in [-0.05, 0) is 26.2 Å². The van der Waals surface area contributed by atoms with E-state index in [1.807, 2.05) is 19.0 Å². The number of carboxylic acids is 1. The minimum Gasteiger partial charge on any atom is -0.478 e. The van der Waals surface area contributed by atoms with Crippen LogP contribution in [0.2, 0.25) is 0 Å². The number of pyridine rings is 1. The molecule has 0 saturated carbocycles. The van der Waals surface area contributed by atoms with Gasteiger partial charge in [0.25, 0.3) is 0 Å².